The molecule has 0 bridgehead atoms. The Morgan fingerprint density at radius 3 is 2.81 bits per heavy atom. The smallest absolute Gasteiger partial charge is 0.307 e. The predicted molar refractivity (Wildman–Crippen MR) is 67.6 cm³/mol. The number of benzene rings is 1. The number of carboxylic acid groups (broad SMARTS) is 1. The molecule has 0 spiro atoms. The molecule has 1 fully saturated rings. The molecular weight excluding hydrogens is 321 g/mol. The van der Waals surface area contributed by atoms with E-state index in [4.69, 9.17) is 9.84 Å². The van der Waals surface area contributed by atoms with Crippen molar-refractivity contribution >= 4 is 28.6 Å². The van der Waals surface area contributed by atoms with Crippen LogP contribution in [0.5, 0.6) is 5.75 Å². The second-order valence-corrected chi connectivity index (χ2v) is 5.16. The second kappa shape index (κ2) is 4.58. The van der Waals surface area contributed by atoms with E-state index >= 15 is 0 Å². The molecule has 5 heteroatoms. The van der Waals surface area contributed by atoms with Crippen molar-refractivity contribution in [3.05, 3.63) is 27.8 Å². The first-order valence-corrected chi connectivity index (χ1v) is 6.05. The van der Waals surface area contributed by atoms with Gasteiger partial charge < -0.3 is 15.2 Å². The second-order valence-electron chi connectivity index (χ2n) is 3.92. The van der Waals surface area contributed by atoms with Gasteiger partial charge in [-0.15, -0.1) is 0 Å². The molecule has 0 unspecified atom stereocenters. The number of carbonyl (C=O) groups is 1. The van der Waals surface area contributed by atoms with Gasteiger partial charge in [-0.25, -0.2) is 0 Å². The van der Waals surface area contributed by atoms with Gasteiger partial charge in [-0.1, -0.05) is 6.07 Å². The molecule has 86 valence electrons. The summed E-state index contributed by atoms with van der Waals surface area (Å²) in [7, 11) is 0. The quantitative estimate of drug-likeness (QED) is 0.820. The maximum absolute atomic E-state index is 10.8. The number of carboxylic acids is 1. The van der Waals surface area contributed by atoms with Gasteiger partial charge in [-0.05, 0) is 40.8 Å². The van der Waals surface area contributed by atoms with E-state index in [1.807, 2.05) is 24.3 Å². The Bertz CT molecular complexity index is 404. The Hall–Kier alpha value is -0.820. The van der Waals surface area contributed by atoms with Crippen LogP contribution in [0.15, 0.2) is 24.3 Å². The summed E-state index contributed by atoms with van der Waals surface area (Å²) in [6.45, 7) is 1.18. The summed E-state index contributed by atoms with van der Waals surface area (Å²) in [5.41, 5.74) is -0.573. The Balaban J connectivity index is 2.09. The van der Waals surface area contributed by atoms with Gasteiger partial charge in [0.15, 0.2) is 0 Å². The molecule has 1 aromatic rings. The number of rotatable bonds is 4. The van der Waals surface area contributed by atoms with Gasteiger partial charge in [0.2, 0.25) is 0 Å². The summed E-state index contributed by atoms with van der Waals surface area (Å²) < 4.78 is 6.86. The van der Waals surface area contributed by atoms with Crippen molar-refractivity contribution in [1.82, 2.24) is 5.32 Å². The fourth-order valence-electron chi connectivity index (χ4n) is 1.69. The van der Waals surface area contributed by atoms with Crippen LogP contribution in [0.4, 0.5) is 0 Å². The molecule has 1 heterocycles. The van der Waals surface area contributed by atoms with Crippen LogP contribution in [0.1, 0.15) is 6.42 Å². The minimum absolute atomic E-state index is 0.0332. The lowest BCUT2D eigenvalue weighted by molar-refractivity contribution is -0.143. The molecule has 1 aliphatic heterocycles. The normalized spacial score (nSPS) is 17.6. The largest absolute Gasteiger partial charge is 0.484 e. The number of halogens is 1. The summed E-state index contributed by atoms with van der Waals surface area (Å²) >= 11 is 2.20. The fraction of sp³-hybridized carbons (Fsp3) is 0.364. The van der Waals surface area contributed by atoms with Crippen molar-refractivity contribution in [2.24, 2.45) is 0 Å². The molecule has 0 aliphatic carbocycles. The Labute approximate surface area is 107 Å². The van der Waals surface area contributed by atoms with Gasteiger partial charge in [0.25, 0.3) is 0 Å². The molecule has 0 saturated carbocycles. The first kappa shape index (κ1) is 11.7. The van der Waals surface area contributed by atoms with E-state index in [9.17, 15) is 4.79 Å². The van der Waals surface area contributed by atoms with E-state index in [-0.39, 0.29) is 6.42 Å². The van der Waals surface area contributed by atoms with Crippen LogP contribution in [0, 0.1) is 3.57 Å². The van der Waals surface area contributed by atoms with Crippen LogP contribution < -0.4 is 10.1 Å². The third-order valence-electron chi connectivity index (χ3n) is 2.50. The van der Waals surface area contributed by atoms with Crippen molar-refractivity contribution in [2.45, 2.75) is 12.0 Å². The molecule has 0 amide bonds. The first-order valence-electron chi connectivity index (χ1n) is 4.97. The van der Waals surface area contributed by atoms with E-state index in [1.165, 1.54) is 0 Å². The zero-order valence-electron chi connectivity index (χ0n) is 8.57. The number of hydrogen-bond donors (Lipinski definition) is 2. The summed E-state index contributed by atoms with van der Waals surface area (Å²) in [5, 5.41) is 11.9. The number of nitrogens with one attached hydrogen (secondary N) is 1. The standard InChI is InChI=1S/C11H12INO3/c12-8-2-1-3-9(4-8)16-11(5-10(14)15)6-13-7-11/h1-4,13H,5-7H2,(H,14,15). The van der Waals surface area contributed by atoms with E-state index < -0.39 is 11.6 Å². The average molecular weight is 333 g/mol. The van der Waals surface area contributed by atoms with Crippen molar-refractivity contribution in [3.63, 3.8) is 0 Å². The lowest BCUT2D eigenvalue weighted by atomic mass is 9.92. The van der Waals surface area contributed by atoms with Gasteiger partial charge in [0, 0.05) is 16.7 Å². The highest BCUT2D eigenvalue weighted by atomic mass is 127. The van der Waals surface area contributed by atoms with Crippen LogP contribution >= 0.6 is 22.6 Å². The van der Waals surface area contributed by atoms with Crippen molar-refractivity contribution in [2.75, 3.05) is 13.1 Å². The van der Waals surface area contributed by atoms with Crippen LogP contribution in [0.2, 0.25) is 0 Å². The molecular formula is C11H12INO3. The van der Waals surface area contributed by atoms with Crippen molar-refractivity contribution in [1.29, 1.82) is 0 Å². The maximum Gasteiger partial charge on any atom is 0.307 e. The zero-order chi connectivity index (χ0) is 11.6. The molecule has 0 atom stereocenters. The minimum Gasteiger partial charge on any atom is -0.484 e. The fourth-order valence-corrected chi connectivity index (χ4v) is 2.21. The molecule has 1 aliphatic rings. The lowest BCUT2D eigenvalue weighted by Gasteiger charge is -2.41. The van der Waals surface area contributed by atoms with Crippen LogP contribution in [-0.2, 0) is 4.79 Å². The molecule has 1 saturated heterocycles. The highest BCUT2D eigenvalue weighted by molar-refractivity contribution is 14.1. The molecule has 2 rings (SSSR count). The number of ether oxygens (including phenoxy) is 1. The highest BCUT2D eigenvalue weighted by Gasteiger charge is 2.41. The first-order chi connectivity index (χ1) is 7.60. The SMILES string of the molecule is O=C(O)CC1(Oc2cccc(I)c2)CNC1. The molecule has 0 aromatic heterocycles. The van der Waals surface area contributed by atoms with Crippen LogP contribution in [0.3, 0.4) is 0 Å². The van der Waals surface area contributed by atoms with Crippen LogP contribution in [0.25, 0.3) is 0 Å². The predicted octanol–water partition coefficient (Wildman–Crippen LogP) is 1.49. The molecule has 4 nitrogen and oxygen atoms in total. The van der Waals surface area contributed by atoms with Gasteiger partial charge in [-0.2, -0.15) is 0 Å². The summed E-state index contributed by atoms with van der Waals surface area (Å²) in [6, 6.07) is 7.63. The third-order valence-corrected chi connectivity index (χ3v) is 3.17. The van der Waals surface area contributed by atoms with E-state index in [0.29, 0.717) is 13.1 Å². The summed E-state index contributed by atoms with van der Waals surface area (Å²) in [5.74, 6) is -0.0956. The van der Waals surface area contributed by atoms with E-state index in [2.05, 4.69) is 27.9 Å². The van der Waals surface area contributed by atoms with E-state index in [0.717, 1.165) is 9.32 Å². The highest BCUT2D eigenvalue weighted by Crippen LogP contribution is 2.26. The van der Waals surface area contributed by atoms with Gasteiger partial charge in [0.1, 0.15) is 11.4 Å². The van der Waals surface area contributed by atoms with Crippen LogP contribution in [-0.4, -0.2) is 29.8 Å². The summed E-state index contributed by atoms with van der Waals surface area (Å²) in [6.07, 6.45) is 0.0332. The zero-order valence-corrected chi connectivity index (χ0v) is 10.7. The van der Waals surface area contributed by atoms with Gasteiger partial charge in [-0.3, -0.25) is 4.79 Å². The summed E-state index contributed by atoms with van der Waals surface area (Å²) in [4.78, 5) is 10.8. The number of hydrogen-bond acceptors (Lipinski definition) is 3. The topological polar surface area (TPSA) is 58.6 Å². The van der Waals surface area contributed by atoms with Gasteiger partial charge >= 0.3 is 5.97 Å². The van der Waals surface area contributed by atoms with Gasteiger partial charge in [0.05, 0.1) is 6.42 Å². The van der Waals surface area contributed by atoms with Crippen molar-refractivity contribution in [3.8, 4) is 5.75 Å². The molecule has 16 heavy (non-hydrogen) atoms. The average Bonchev–Trinajstić information content (AvgIpc) is 2.13. The maximum atomic E-state index is 10.8. The Kier molecular flexibility index (Phi) is 3.34. The monoisotopic (exact) mass is 333 g/mol. The van der Waals surface area contributed by atoms with Crippen molar-refractivity contribution < 1.29 is 14.6 Å². The Morgan fingerprint density at radius 1 is 1.56 bits per heavy atom. The number of aliphatic carboxylic acids is 1. The molecule has 0 radical (unpaired) electrons. The lowest BCUT2D eigenvalue weighted by Crippen LogP contribution is -2.64. The van der Waals surface area contributed by atoms with E-state index in [1.54, 1.807) is 0 Å². The minimum atomic E-state index is -0.827. The Morgan fingerprint density at radius 2 is 2.31 bits per heavy atom. The molecule has 2 N–H and O–H groups in total. The third kappa shape index (κ3) is 2.65. The molecule has 1 aromatic carbocycles.